The Balaban J connectivity index is 2.00. The van der Waals surface area contributed by atoms with Gasteiger partial charge in [0.15, 0.2) is 0 Å². The third kappa shape index (κ3) is 3.92. The molecule has 1 heterocycles. The molecule has 1 aromatic carbocycles. The minimum Gasteiger partial charge on any atom is -0.459 e. The molecule has 0 bridgehead atoms. The van der Waals surface area contributed by atoms with Crippen molar-refractivity contribution in [2.24, 2.45) is 0 Å². The van der Waals surface area contributed by atoms with Crippen LogP contribution in [0.1, 0.15) is 23.7 Å². The first-order chi connectivity index (χ1) is 9.70. The zero-order valence-corrected chi connectivity index (χ0v) is 12.4. The van der Waals surface area contributed by atoms with Crippen LogP contribution in [0, 0.1) is 6.92 Å². The summed E-state index contributed by atoms with van der Waals surface area (Å²) in [6.07, 6.45) is 1.80. The van der Waals surface area contributed by atoms with E-state index in [1.807, 2.05) is 31.2 Å². The second-order valence-corrected chi connectivity index (χ2v) is 4.83. The molecule has 0 spiro atoms. The van der Waals surface area contributed by atoms with Gasteiger partial charge in [0, 0.05) is 34.6 Å². The minimum atomic E-state index is 0.367. The van der Waals surface area contributed by atoms with Gasteiger partial charge in [-0.1, -0.05) is 36.7 Å². The van der Waals surface area contributed by atoms with Gasteiger partial charge in [-0.2, -0.15) is 0 Å². The van der Waals surface area contributed by atoms with E-state index in [1.54, 1.807) is 6.20 Å². The van der Waals surface area contributed by atoms with Crippen LogP contribution >= 0.6 is 11.6 Å². The minimum absolute atomic E-state index is 0.367. The van der Waals surface area contributed by atoms with Crippen molar-refractivity contribution in [3.05, 3.63) is 52.3 Å². The summed E-state index contributed by atoms with van der Waals surface area (Å²) in [5.41, 5.74) is 2.93. The quantitative estimate of drug-likeness (QED) is 0.888. The van der Waals surface area contributed by atoms with Gasteiger partial charge < -0.3 is 10.1 Å². The largest absolute Gasteiger partial charge is 0.459 e. The fourth-order valence-electron chi connectivity index (χ4n) is 1.73. The van der Waals surface area contributed by atoms with Crippen molar-refractivity contribution in [2.45, 2.75) is 27.0 Å². The van der Waals surface area contributed by atoms with Crippen molar-refractivity contribution in [1.82, 2.24) is 15.3 Å². The summed E-state index contributed by atoms with van der Waals surface area (Å²) >= 11 is 6.08. The second kappa shape index (κ2) is 7.22. The first kappa shape index (κ1) is 14.8. The molecule has 0 saturated carbocycles. The van der Waals surface area contributed by atoms with Crippen LogP contribution in [0.5, 0.6) is 6.01 Å². The Kier molecular flexibility index (Phi) is 5.32. The number of nitrogens with one attached hydrogen (secondary N) is 1. The highest BCUT2D eigenvalue weighted by Gasteiger charge is 2.05. The van der Waals surface area contributed by atoms with Gasteiger partial charge in [-0.15, -0.1) is 0 Å². The highest BCUT2D eigenvalue weighted by Crippen LogP contribution is 2.17. The van der Waals surface area contributed by atoms with E-state index < -0.39 is 0 Å². The number of aryl methyl sites for hydroxylation is 1. The molecular formula is C15H18ClN3O. The van der Waals surface area contributed by atoms with Gasteiger partial charge in [0.25, 0.3) is 0 Å². The van der Waals surface area contributed by atoms with Crippen LogP contribution in [0.3, 0.4) is 0 Å². The van der Waals surface area contributed by atoms with Crippen molar-refractivity contribution >= 4 is 11.6 Å². The Labute approximate surface area is 124 Å². The normalized spacial score (nSPS) is 10.6. The molecule has 0 unspecified atom stereocenters. The fraction of sp³-hybridized carbons (Fsp3) is 0.333. The van der Waals surface area contributed by atoms with E-state index in [0.29, 0.717) is 17.6 Å². The van der Waals surface area contributed by atoms with Gasteiger partial charge in [-0.3, -0.25) is 0 Å². The second-order valence-electron chi connectivity index (χ2n) is 4.42. The summed E-state index contributed by atoms with van der Waals surface area (Å²) in [5, 5.41) is 3.94. The van der Waals surface area contributed by atoms with E-state index in [0.717, 1.165) is 29.9 Å². The lowest BCUT2D eigenvalue weighted by atomic mass is 10.2. The Bertz CT molecular complexity index is 575. The zero-order valence-electron chi connectivity index (χ0n) is 11.7. The molecule has 0 fully saturated rings. The predicted octanol–water partition coefficient (Wildman–Crippen LogP) is 3.13. The lowest BCUT2D eigenvalue weighted by Gasteiger charge is -2.09. The number of nitrogens with zero attached hydrogens (tertiary/aromatic N) is 2. The summed E-state index contributed by atoms with van der Waals surface area (Å²) in [7, 11) is 0. The summed E-state index contributed by atoms with van der Waals surface area (Å²) in [6, 6.07) is 7.96. The number of rotatable bonds is 6. The van der Waals surface area contributed by atoms with E-state index in [9.17, 15) is 0 Å². The van der Waals surface area contributed by atoms with E-state index in [2.05, 4.69) is 22.2 Å². The van der Waals surface area contributed by atoms with Crippen molar-refractivity contribution in [1.29, 1.82) is 0 Å². The van der Waals surface area contributed by atoms with Crippen molar-refractivity contribution < 1.29 is 4.74 Å². The molecule has 0 atom stereocenters. The van der Waals surface area contributed by atoms with Crippen LogP contribution in [0.2, 0.25) is 5.02 Å². The van der Waals surface area contributed by atoms with E-state index >= 15 is 0 Å². The fourth-order valence-corrected chi connectivity index (χ4v) is 1.92. The van der Waals surface area contributed by atoms with E-state index in [-0.39, 0.29) is 0 Å². The molecule has 0 radical (unpaired) electrons. The molecule has 0 aliphatic heterocycles. The standard InChI is InChI=1S/C15H18ClN3O/c1-3-17-8-13-9-18-15(19-11(13)2)20-10-12-6-4-5-7-14(12)16/h4-7,9,17H,3,8,10H2,1-2H3. The number of benzene rings is 1. The Morgan fingerprint density at radius 1 is 1.25 bits per heavy atom. The van der Waals surface area contributed by atoms with Crippen molar-refractivity contribution in [3.63, 3.8) is 0 Å². The van der Waals surface area contributed by atoms with Gasteiger partial charge in [-0.25, -0.2) is 9.97 Å². The van der Waals surface area contributed by atoms with Crippen LogP contribution in [0.25, 0.3) is 0 Å². The third-order valence-electron chi connectivity index (χ3n) is 2.94. The number of hydrogen-bond acceptors (Lipinski definition) is 4. The maximum atomic E-state index is 6.08. The topological polar surface area (TPSA) is 47.0 Å². The molecule has 2 aromatic rings. The van der Waals surface area contributed by atoms with Gasteiger partial charge >= 0.3 is 6.01 Å². The first-order valence-electron chi connectivity index (χ1n) is 6.60. The molecule has 0 aliphatic rings. The average molecular weight is 292 g/mol. The van der Waals surface area contributed by atoms with Gasteiger partial charge in [0.2, 0.25) is 0 Å². The lowest BCUT2D eigenvalue weighted by molar-refractivity contribution is 0.279. The van der Waals surface area contributed by atoms with Crippen molar-refractivity contribution in [3.8, 4) is 6.01 Å². The summed E-state index contributed by atoms with van der Waals surface area (Å²) in [5.74, 6) is 0. The van der Waals surface area contributed by atoms with Crippen LogP contribution in [0.15, 0.2) is 30.5 Å². The molecule has 0 saturated heterocycles. The molecule has 5 heteroatoms. The molecule has 4 nitrogen and oxygen atoms in total. The first-order valence-corrected chi connectivity index (χ1v) is 6.98. The SMILES string of the molecule is CCNCc1cnc(OCc2ccccc2Cl)nc1C. The number of aromatic nitrogens is 2. The van der Waals surface area contributed by atoms with Gasteiger partial charge in [0.1, 0.15) is 6.61 Å². The highest BCUT2D eigenvalue weighted by molar-refractivity contribution is 6.31. The Hall–Kier alpha value is -1.65. The van der Waals surface area contributed by atoms with Crippen LogP contribution in [0.4, 0.5) is 0 Å². The zero-order chi connectivity index (χ0) is 14.4. The Morgan fingerprint density at radius 3 is 2.75 bits per heavy atom. The van der Waals surface area contributed by atoms with Crippen molar-refractivity contribution in [2.75, 3.05) is 6.54 Å². The monoisotopic (exact) mass is 291 g/mol. The van der Waals surface area contributed by atoms with E-state index in [4.69, 9.17) is 16.3 Å². The molecular weight excluding hydrogens is 274 g/mol. The Morgan fingerprint density at radius 2 is 2.05 bits per heavy atom. The van der Waals surface area contributed by atoms with Crippen LogP contribution in [-0.4, -0.2) is 16.5 Å². The lowest BCUT2D eigenvalue weighted by Crippen LogP contribution is -2.14. The number of ether oxygens (including phenoxy) is 1. The number of hydrogen-bond donors (Lipinski definition) is 1. The predicted molar refractivity (Wildman–Crippen MR) is 79.9 cm³/mol. The summed E-state index contributed by atoms with van der Waals surface area (Å²) < 4.78 is 5.59. The highest BCUT2D eigenvalue weighted by atomic mass is 35.5. The van der Waals surface area contributed by atoms with Gasteiger partial charge in [0.05, 0.1) is 0 Å². The molecule has 1 N–H and O–H groups in total. The molecule has 1 aromatic heterocycles. The third-order valence-corrected chi connectivity index (χ3v) is 3.31. The van der Waals surface area contributed by atoms with Crippen LogP contribution < -0.4 is 10.1 Å². The molecule has 20 heavy (non-hydrogen) atoms. The maximum absolute atomic E-state index is 6.08. The molecule has 2 rings (SSSR count). The van der Waals surface area contributed by atoms with Crippen LogP contribution in [-0.2, 0) is 13.2 Å². The number of halogens is 1. The summed E-state index contributed by atoms with van der Waals surface area (Å²) in [4.78, 5) is 8.58. The average Bonchev–Trinajstić information content (AvgIpc) is 2.45. The maximum Gasteiger partial charge on any atom is 0.316 e. The van der Waals surface area contributed by atoms with E-state index in [1.165, 1.54) is 0 Å². The molecule has 106 valence electrons. The summed E-state index contributed by atoms with van der Waals surface area (Å²) in [6.45, 7) is 6.08. The smallest absolute Gasteiger partial charge is 0.316 e. The van der Waals surface area contributed by atoms with Gasteiger partial charge in [-0.05, 0) is 19.5 Å². The molecule has 0 amide bonds. The molecule has 0 aliphatic carbocycles.